The molecule has 0 unspecified atom stereocenters. The summed E-state index contributed by atoms with van der Waals surface area (Å²) in [5, 5.41) is 3.14. The minimum Gasteiger partial charge on any atom is -0.496 e. The van der Waals surface area contributed by atoms with Gasteiger partial charge in [0.05, 0.1) is 7.11 Å². The molecule has 0 aromatic heterocycles. The van der Waals surface area contributed by atoms with Gasteiger partial charge in [-0.2, -0.15) is 11.8 Å². The molecule has 1 aliphatic carbocycles. The lowest BCUT2D eigenvalue weighted by Gasteiger charge is -2.16. The summed E-state index contributed by atoms with van der Waals surface area (Å²) in [5.41, 5.74) is 1.23. The fraction of sp³-hybridized carbons (Fsp3) is 0.591. The number of hydrogen-bond acceptors (Lipinski definition) is 6. The van der Waals surface area contributed by atoms with Gasteiger partial charge in [0.15, 0.2) is 0 Å². The molecular weight excluding hydrogens is 390 g/mol. The van der Waals surface area contributed by atoms with Crippen molar-refractivity contribution in [2.45, 2.75) is 50.4 Å². The number of fused-ring (bicyclic) bond motifs is 1. The van der Waals surface area contributed by atoms with Crippen molar-refractivity contribution in [3.63, 3.8) is 0 Å². The smallest absolute Gasteiger partial charge is 0.306 e. The Kier molecular flexibility index (Phi) is 7.58. The molecule has 6 nitrogen and oxygen atoms in total. The lowest BCUT2D eigenvalue weighted by atomic mass is 9.92. The Morgan fingerprint density at radius 2 is 2.07 bits per heavy atom. The first-order chi connectivity index (χ1) is 14.0. The predicted octanol–water partition coefficient (Wildman–Crippen LogP) is 3.37. The molecule has 1 N–H and O–H groups in total. The van der Waals surface area contributed by atoms with Crippen molar-refractivity contribution in [2.75, 3.05) is 19.9 Å². The van der Waals surface area contributed by atoms with Crippen LogP contribution in [0.5, 0.6) is 5.75 Å². The van der Waals surface area contributed by atoms with Crippen molar-refractivity contribution in [3.8, 4) is 5.75 Å². The molecule has 1 aromatic rings. The van der Waals surface area contributed by atoms with Crippen LogP contribution >= 0.6 is 11.8 Å². The number of carbonyl (C=O) groups is 3. The van der Waals surface area contributed by atoms with Crippen molar-refractivity contribution in [1.82, 2.24) is 5.32 Å². The first-order valence-electron chi connectivity index (χ1n) is 10.2. The number of unbranched alkanes of at least 4 members (excludes halogenated alkanes) is 1. The Balaban J connectivity index is 1.38. The van der Waals surface area contributed by atoms with Crippen LogP contribution in [0.3, 0.4) is 0 Å². The molecule has 3 atom stereocenters. The Labute approximate surface area is 176 Å². The van der Waals surface area contributed by atoms with Crippen LogP contribution in [-0.4, -0.2) is 42.8 Å². The van der Waals surface area contributed by atoms with E-state index in [1.54, 1.807) is 25.2 Å². The number of ether oxygens (including phenoxy) is 2. The lowest BCUT2D eigenvalue weighted by molar-refractivity contribution is -0.145. The van der Waals surface area contributed by atoms with Gasteiger partial charge in [0, 0.05) is 42.7 Å². The summed E-state index contributed by atoms with van der Waals surface area (Å²) in [7, 11) is 3.10. The molecular formula is C22H29NO5S. The third-order valence-electron chi connectivity index (χ3n) is 5.85. The third-order valence-corrected chi connectivity index (χ3v) is 7.48. The van der Waals surface area contributed by atoms with Gasteiger partial charge in [0.1, 0.15) is 18.1 Å². The number of thioether (sulfide) groups is 1. The lowest BCUT2D eigenvalue weighted by Crippen LogP contribution is -2.18. The van der Waals surface area contributed by atoms with Crippen LogP contribution in [0.4, 0.5) is 0 Å². The largest absolute Gasteiger partial charge is 0.496 e. The maximum absolute atomic E-state index is 12.1. The Morgan fingerprint density at radius 1 is 1.24 bits per heavy atom. The average Bonchev–Trinajstić information content (AvgIpc) is 3.28. The molecule has 2 aliphatic rings. The molecule has 3 rings (SSSR count). The van der Waals surface area contributed by atoms with E-state index in [1.807, 2.05) is 11.8 Å². The van der Waals surface area contributed by atoms with Crippen LogP contribution in [0.25, 0.3) is 0 Å². The summed E-state index contributed by atoms with van der Waals surface area (Å²) in [4.78, 5) is 35.4. The zero-order chi connectivity index (χ0) is 20.8. The number of ketones is 1. The summed E-state index contributed by atoms with van der Waals surface area (Å²) >= 11 is 2.00. The fourth-order valence-corrected chi connectivity index (χ4v) is 6.00. The quantitative estimate of drug-likeness (QED) is 0.488. The molecule has 7 heteroatoms. The zero-order valence-electron chi connectivity index (χ0n) is 17.1. The SMILES string of the molecule is CNC(=O)c1ccc(COC(=O)CCCC[C@@H]2SC[C@@H]3CC(=O)C[C@@H]32)c(OC)c1. The van der Waals surface area contributed by atoms with Gasteiger partial charge in [0.25, 0.3) is 5.91 Å². The molecule has 1 heterocycles. The number of nitrogens with one attached hydrogen (secondary N) is 1. The van der Waals surface area contributed by atoms with Crippen molar-refractivity contribution < 1.29 is 23.9 Å². The third kappa shape index (κ3) is 5.53. The van der Waals surface area contributed by atoms with E-state index in [1.165, 1.54) is 7.11 Å². The van der Waals surface area contributed by atoms with E-state index >= 15 is 0 Å². The van der Waals surface area contributed by atoms with E-state index in [0.29, 0.717) is 40.6 Å². The summed E-state index contributed by atoms with van der Waals surface area (Å²) in [6.07, 6.45) is 4.77. The molecule has 0 spiro atoms. The molecule has 0 radical (unpaired) electrons. The molecule has 1 saturated carbocycles. The molecule has 1 amide bonds. The minimum absolute atomic E-state index is 0.125. The molecule has 1 aromatic carbocycles. The van der Waals surface area contributed by atoms with E-state index < -0.39 is 0 Å². The number of hydrogen-bond donors (Lipinski definition) is 1. The highest BCUT2D eigenvalue weighted by molar-refractivity contribution is 8.00. The summed E-state index contributed by atoms with van der Waals surface area (Å²) < 4.78 is 10.7. The molecule has 2 fully saturated rings. The Morgan fingerprint density at radius 3 is 2.83 bits per heavy atom. The van der Waals surface area contributed by atoms with E-state index in [2.05, 4.69) is 5.32 Å². The number of methoxy groups -OCH3 is 1. The number of carbonyl (C=O) groups excluding carboxylic acids is 3. The van der Waals surface area contributed by atoms with Crippen molar-refractivity contribution in [2.24, 2.45) is 11.8 Å². The van der Waals surface area contributed by atoms with E-state index in [-0.39, 0.29) is 18.5 Å². The van der Waals surface area contributed by atoms with Gasteiger partial charge in [0.2, 0.25) is 0 Å². The fourth-order valence-electron chi connectivity index (χ4n) is 4.24. The van der Waals surface area contributed by atoms with E-state index in [9.17, 15) is 14.4 Å². The second kappa shape index (κ2) is 10.1. The topological polar surface area (TPSA) is 81.7 Å². The van der Waals surface area contributed by atoms with Crippen molar-refractivity contribution >= 4 is 29.4 Å². The highest BCUT2D eigenvalue weighted by Gasteiger charge is 2.42. The second-order valence-electron chi connectivity index (χ2n) is 7.75. The van der Waals surface area contributed by atoms with Crippen LogP contribution in [0.2, 0.25) is 0 Å². The van der Waals surface area contributed by atoms with Crippen LogP contribution < -0.4 is 10.1 Å². The molecule has 1 saturated heterocycles. The maximum Gasteiger partial charge on any atom is 0.306 e. The summed E-state index contributed by atoms with van der Waals surface area (Å²) in [6, 6.07) is 5.07. The van der Waals surface area contributed by atoms with Crippen LogP contribution in [0.15, 0.2) is 18.2 Å². The highest BCUT2D eigenvalue weighted by atomic mass is 32.2. The number of benzene rings is 1. The predicted molar refractivity (Wildman–Crippen MR) is 112 cm³/mol. The Bertz CT molecular complexity index is 766. The minimum atomic E-state index is -0.226. The molecule has 29 heavy (non-hydrogen) atoms. The normalized spacial score (nSPS) is 23.0. The van der Waals surface area contributed by atoms with Crippen molar-refractivity contribution in [1.29, 1.82) is 0 Å². The number of esters is 1. The summed E-state index contributed by atoms with van der Waals surface area (Å²) in [6.45, 7) is 0.125. The van der Waals surface area contributed by atoms with Crippen LogP contribution in [-0.2, 0) is 20.9 Å². The Hall–Kier alpha value is -2.02. The monoisotopic (exact) mass is 419 g/mol. The number of rotatable bonds is 9. The summed E-state index contributed by atoms with van der Waals surface area (Å²) in [5.74, 6) is 2.79. The van der Waals surface area contributed by atoms with Gasteiger partial charge in [-0.3, -0.25) is 14.4 Å². The van der Waals surface area contributed by atoms with E-state index in [0.717, 1.165) is 43.4 Å². The van der Waals surface area contributed by atoms with Gasteiger partial charge < -0.3 is 14.8 Å². The van der Waals surface area contributed by atoms with Crippen LogP contribution in [0.1, 0.15) is 54.4 Å². The molecule has 0 bridgehead atoms. The van der Waals surface area contributed by atoms with Gasteiger partial charge in [-0.25, -0.2) is 0 Å². The second-order valence-corrected chi connectivity index (χ2v) is 9.03. The first kappa shape index (κ1) is 21.7. The van der Waals surface area contributed by atoms with Gasteiger partial charge in [-0.05, 0) is 42.6 Å². The number of amides is 1. The first-order valence-corrected chi connectivity index (χ1v) is 11.2. The highest BCUT2D eigenvalue weighted by Crippen LogP contribution is 2.47. The van der Waals surface area contributed by atoms with Gasteiger partial charge >= 0.3 is 5.97 Å². The molecule has 158 valence electrons. The number of Topliss-reactive ketones (excluding diaryl/α,β-unsaturated/α-hetero) is 1. The van der Waals surface area contributed by atoms with Gasteiger partial charge in [-0.1, -0.05) is 12.5 Å². The molecule has 1 aliphatic heterocycles. The van der Waals surface area contributed by atoms with Crippen molar-refractivity contribution in [3.05, 3.63) is 29.3 Å². The standard InChI is InChI=1S/C22H29NO5S/c1-23-22(26)14-7-8-15(19(10-14)27-2)12-28-21(25)6-4-3-5-20-18-11-17(24)9-16(18)13-29-20/h7-8,10,16,18,20H,3-6,9,11-13H2,1-2H3,(H,23,26)/t16-,18-,20-/m0/s1. The zero-order valence-corrected chi connectivity index (χ0v) is 17.9. The van der Waals surface area contributed by atoms with E-state index in [4.69, 9.17) is 9.47 Å². The van der Waals surface area contributed by atoms with Crippen LogP contribution in [0, 0.1) is 11.8 Å². The van der Waals surface area contributed by atoms with Gasteiger partial charge in [-0.15, -0.1) is 0 Å². The average molecular weight is 420 g/mol. The maximum atomic E-state index is 12.1.